The molecular weight excluding hydrogens is 474 g/mol. The number of pyridine rings is 1. The summed E-state index contributed by atoms with van der Waals surface area (Å²) in [6.07, 6.45) is 10.6. The normalized spacial score (nSPS) is 40.8. The summed E-state index contributed by atoms with van der Waals surface area (Å²) in [5.41, 5.74) is 9.48. The first-order valence-electron chi connectivity index (χ1n) is 14.0. The molecule has 2 aliphatic heterocycles. The molecule has 4 N–H and O–H groups in total. The van der Waals surface area contributed by atoms with Gasteiger partial charge >= 0.3 is 0 Å². The van der Waals surface area contributed by atoms with Crippen LogP contribution in [0.3, 0.4) is 0 Å². The van der Waals surface area contributed by atoms with E-state index in [1.165, 1.54) is 16.7 Å². The fourth-order valence-electron chi connectivity index (χ4n) is 8.84. The highest BCUT2D eigenvalue weighted by Gasteiger charge is 2.70. The van der Waals surface area contributed by atoms with Crippen LogP contribution in [0.2, 0.25) is 0 Å². The van der Waals surface area contributed by atoms with Crippen LogP contribution in [0.15, 0.2) is 59.8 Å². The van der Waals surface area contributed by atoms with Crippen molar-refractivity contribution in [1.29, 1.82) is 0 Å². The largest absolute Gasteiger partial charge is 0.388 e. The smallest absolute Gasteiger partial charge is 0.123 e. The highest BCUT2D eigenvalue weighted by atomic mass is 16.5. The number of allylic oxidation sites excluding steroid dienone is 3. The average Bonchev–Trinajstić information content (AvgIpc) is 3.39. The van der Waals surface area contributed by atoms with E-state index >= 15 is 0 Å². The van der Waals surface area contributed by atoms with E-state index in [4.69, 9.17) is 10.5 Å². The molecule has 7 atom stereocenters. The number of aliphatic hydroxyl groups excluding tert-OH is 2. The molecule has 200 valence electrons. The topological polar surface area (TPSA) is 91.8 Å². The molecule has 6 heteroatoms. The second-order valence-electron chi connectivity index (χ2n) is 13.4. The summed E-state index contributed by atoms with van der Waals surface area (Å²) in [5, 5.41) is 24.5. The Morgan fingerprint density at radius 2 is 1.87 bits per heavy atom. The summed E-state index contributed by atoms with van der Waals surface area (Å²) in [4.78, 5) is 6.29. The van der Waals surface area contributed by atoms with Gasteiger partial charge in [-0.15, -0.1) is 0 Å². The van der Waals surface area contributed by atoms with Crippen LogP contribution in [0, 0.1) is 16.7 Å². The molecule has 2 aromatic rings. The SMILES string of the molecule is CN(C)C1CC23CCC4(O2)C(=CC(C)(C)C2(C)C(c5ccc6cnc(N)cc6c5)=CCC42)C=C3C(O)C1O. The number of fused-ring (bicyclic) bond motifs is 2. The van der Waals surface area contributed by atoms with E-state index in [1.54, 1.807) is 0 Å². The number of nitrogens with zero attached hydrogens (tertiary/aromatic N) is 2. The van der Waals surface area contributed by atoms with Crippen molar-refractivity contribution in [2.45, 2.75) is 75.9 Å². The zero-order valence-electron chi connectivity index (χ0n) is 23.0. The fraction of sp³-hybridized carbons (Fsp3) is 0.531. The van der Waals surface area contributed by atoms with Crippen molar-refractivity contribution in [2.24, 2.45) is 16.7 Å². The van der Waals surface area contributed by atoms with Gasteiger partial charge in [0.1, 0.15) is 11.9 Å². The van der Waals surface area contributed by atoms with E-state index in [1.807, 2.05) is 31.3 Å². The minimum atomic E-state index is -0.915. The third-order valence-corrected chi connectivity index (χ3v) is 11.1. The highest BCUT2D eigenvalue weighted by Crippen LogP contribution is 2.71. The van der Waals surface area contributed by atoms with Gasteiger partial charge in [0.15, 0.2) is 0 Å². The first-order chi connectivity index (χ1) is 17.9. The Bertz CT molecular complexity index is 1460. The minimum Gasteiger partial charge on any atom is -0.388 e. The van der Waals surface area contributed by atoms with Crippen LogP contribution in [0.1, 0.15) is 52.0 Å². The number of benzene rings is 1. The Hall–Kier alpha value is -2.51. The van der Waals surface area contributed by atoms with Gasteiger partial charge in [-0.25, -0.2) is 4.98 Å². The van der Waals surface area contributed by atoms with E-state index in [9.17, 15) is 10.2 Å². The summed E-state index contributed by atoms with van der Waals surface area (Å²) in [7, 11) is 3.96. The van der Waals surface area contributed by atoms with Crippen LogP contribution in [0.25, 0.3) is 16.3 Å². The number of likely N-dealkylation sites (N-methyl/N-ethyl adjacent to an activating group) is 1. The van der Waals surface area contributed by atoms with Crippen LogP contribution < -0.4 is 5.73 Å². The first kappa shape index (κ1) is 24.5. The molecule has 1 saturated carbocycles. The fourth-order valence-corrected chi connectivity index (χ4v) is 8.84. The molecule has 6 nitrogen and oxygen atoms in total. The van der Waals surface area contributed by atoms with Gasteiger partial charge in [-0.05, 0) is 85.0 Å². The number of hydrogen-bond donors (Lipinski definition) is 3. The molecule has 1 saturated heterocycles. The van der Waals surface area contributed by atoms with E-state index in [0.717, 1.165) is 35.6 Å². The highest BCUT2D eigenvalue weighted by molar-refractivity contribution is 5.88. The Morgan fingerprint density at radius 3 is 2.63 bits per heavy atom. The van der Waals surface area contributed by atoms with Gasteiger partial charge in [-0.1, -0.05) is 51.1 Å². The Kier molecular flexibility index (Phi) is 4.88. The quantitative estimate of drug-likeness (QED) is 0.549. The van der Waals surface area contributed by atoms with Crippen molar-refractivity contribution in [2.75, 3.05) is 19.8 Å². The van der Waals surface area contributed by atoms with Crippen molar-refractivity contribution in [3.05, 3.63) is 65.4 Å². The molecular formula is C32H39N3O3. The van der Waals surface area contributed by atoms with Gasteiger partial charge in [-0.3, -0.25) is 0 Å². The second kappa shape index (κ2) is 7.57. The Morgan fingerprint density at radius 1 is 1.08 bits per heavy atom. The van der Waals surface area contributed by atoms with E-state index in [-0.39, 0.29) is 22.8 Å². The Balaban J connectivity index is 1.36. The number of hydrogen-bond acceptors (Lipinski definition) is 6. The van der Waals surface area contributed by atoms with Gasteiger partial charge < -0.3 is 25.6 Å². The monoisotopic (exact) mass is 513 g/mol. The number of aliphatic hydroxyl groups is 2. The summed E-state index contributed by atoms with van der Waals surface area (Å²) < 4.78 is 7.33. The van der Waals surface area contributed by atoms with Crippen molar-refractivity contribution in [3.63, 3.8) is 0 Å². The molecule has 7 rings (SSSR count). The number of anilines is 1. The molecule has 3 aliphatic carbocycles. The van der Waals surface area contributed by atoms with Gasteiger partial charge in [0.05, 0.1) is 17.3 Å². The predicted octanol–water partition coefficient (Wildman–Crippen LogP) is 4.48. The van der Waals surface area contributed by atoms with Crippen LogP contribution in [-0.4, -0.2) is 63.6 Å². The van der Waals surface area contributed by atoms with Gasteiger partial charge in [-0.2, -0.15) is 0 Å². The Labute approximate surface area is 224 Å². The second-order valence-corrected chi connectivity index (χ2v) is 13.4. The zero-order chi connectivity index (χ0) is 26.8. The lowest BCUT2D eigenvalue weighted by Crippen LogP contribution is -2.63. The molecule has 3 heterocycles. The lowest BCUT2D eigenvalue weighted by Gasteiger charge is -2.60. The molecule has 2 bridgehead atoms. The number of nitrogen functional groups attached to an aromatic ring is 1. The number of aromatic nitrogens is 1. The maximum Gasteiger partial charge on any atom is 0.123 e. The predicted molar refractivity (Wildman–Crippen MR) is 150 cm³/mol. The zero-order valence-corrected chi connectivity index (χ0v) is 23.0. The van der Waals surface area contributed by atoms with Crippen LogP contribution in [0.4, 0.5) is 5.82 Å². The maximum absolute atomic E-state index is 11.3. The molecule has 0 radical (unpaired) electrons. The molecule has 5 aliphatic rings. The van der Waals surface area contributed by atoms with Crippen molar-refractivity contribution >= 4 is 22.2 Å². The van der Waals surface area contributed by atoms with Crippen LogP contribution >= 0.6 is 0 Å². The third kappa shape index (κ3) is 2.90. The molecule has 38 heavy (non-hydrogen) atoms. The van der Waals surface area contributed by atoms with Gasteiger partial charge in [0.25, 0.3) is 0 Å². The van der Waals surface area contributed by atoms with E-state index < -0.39 is 23.4 Å². The molecule has 2 spiro atoms. The third-order valence-electron chi connectivity index (χ3n) is 11.1. The summed E-state index contributed by atoms with van der Waals surface area (Å²) in [6.45, 7) is 7.11. The van der Waals surface area contributed by atoms with Crippen LogP contribution in [0.5, 0.6) is 0 Å². The molecule has 0 amide bonds. The lowest BCUT2D eigenvalue weighted by molar-refractivity contribution is -0.170. The number of rotatable bonds is 2. The summed E-state index contributed by atoms with van der Waals surface area (Å²) in [6, 6.07) is 8.44. The lowest BCUT2D eigenvalue weighted by atomic mass is 9.49. The summed E-state index contributed by atoms with van der Waals surface area (Å²) in [5.74, 6) is 0.811. The van der Waals surface area contributed by atoms with Crippen LogP contribution in [-0.2, 0) is 4.74 Å². The molecule has 1 aromatic heterocycles. The van der Waals surface area contributed by atoms with E-state index in [0.29, 0.717) is 12.2 Å². The van der Waals surface area contributed by atoms with Gasteiger partial charge in [0.2, 0.25) is 0 Å². The summed E-state index contributed by atoms with van der Waals surface area (Å²) >= 11 is 0. The maximum atomic E-state index is 11.3. The van der Waals surface area contributed by atoms with Gasteiger partial charge in [0, 0.05) is 29.0 Å². The standard InChI is InChI=1S/C32H39N3O3/c1-29(2)15-21-14-23-27(36)28(37)24(35(4)5)16-31(23)10-11-32(21,38-31)25-9-8-22(30(25,29)3)18-6-7-19-17-34-26(33)13-20(19)12-18/h6-8,12-15,17,24-25,27-28,36-37H,9-11,16H2,1-5H3,(H2,33,34). The molecule has 2 fully saturated rings. The molecule has 1 aromatic carbocycles. The number of ether oxygens (including phenoxy) is 1. The first-order valence-corrected chi connectivity index (χ1v) is 14.0. The average molecular weight is 514 g/mol. The van der Waals surface area contributed by atoms with Crippen molar-refractivity contribution in [1.82, 2.24) is 9.88 Å². The van der Waals surface area contributed by atoms with Crippen molar-refractivity contribution in [3.8, 4) is 0 Å². The van der Waals surface area contributed by atoms with E-state index in [2.05, 4.69) is 62.2 Å². The number of nitrogens with two attached hydrogens (primary N) is 1. The minimum absolute atomic E-state index is 0.145. The molecule has 7 unspecified atom stereocenters. The van der Waals surface area contributed by atoms with Crippen molar-refractivity contribution < 1.29 is 14.9 Å².